The molecule has 2 aliphatic rings. The van der Waals surface area contributed by atoms with Gasteiger partial charge >= 0.3 is 0 Å². The fourth-order valence-corrected chi connectivity index (χ4v) is 4.26. The molecule has 2 saturated heterocycles. The molecule has 0 bridgehead atoms. The van der Waals surface area contributed by atoms with Crippen LogP contribution in [0.1, 0.15) is 22.0 Å². The maximum Gasteiger partial charge on any atom is 0.291 e. The van der Waals surface area contributed by atoms with Gasteiger partial charge in [0, 0.05) is 23.0 Å². The number of carbonyl (C=O) groups is 3. The van der Waals surface area contributed by atoms with Crippen molar-refractivity contribution < 1.29 is 24.0 Å². The van der Waals surface area contributed by atoms with Gasteiger partial charge in [-0.3, -0.25) is 19.4 Å². The first-order valence-electron chi connectivity index (χ1n) is 10.0. The van der Waals surface area contributed by atoms with Crippen LogP contribution >= 0.6 is 11.6 Å². The van der Waals surface area contributed by atoms with Gasteiger partial charge in [-0.15, -0.1) is 0 Å². The number of pyridine rings is 1. The number of nitrogens with one attached hydrogen (secondary N) is 1. The second-order valence-corrected chi connectivity index (χ2v) is 7.99. The average Bonchev–Trinajstić information content (AvgIpc) is 3.04. The molecule has 1 N–H and O–H groups in total. The Balaban J connectivity index is 1.64. The summed E-state index contributed by atoms with van der Waals surface area (Å²) >= 11 is 5.93. The second-order valence-electron chi connectivity index (χ2n) is 7.56. The monoisotopic (exact) mass is 428 g/mol. The molecule has 2 atom stereocenters. The lowest BCUT2D eigenvalue weighted by atomic mass is 9.87. The van der Waals surface area contributed by atoms with Crippen molar-refractivity contribution in [1.82, 2.24) is 9.88 Å². The fourth-order valence-electron chi connectivity index (χ4n) is 4.13. The van der Waals surface area contributed by atoms with Crippen LogP contribution in [0.2, 0.25) is 5.02 Å². The second kappa shape index (κ2) is 9.04. The molecular formula is C22H23ClN3O4+. The highest BCUT2D eigenvalue weighted by atomic mass is 35.5. The number of amides is 1. The van der Waals surface area contributed by atoms with Gasteiger partial charge in [-0.25, -0.2) is 0 Å². The molecule has 4 rings (SSSR count). The van der Waals surface area contributed by atoms with Crippen LogP contribution in [0.5, 0.6) is 0 Å². The molecule has 7 nitrogen and oxygen atoms in total. The van der Waals surface area contributed by atoms with E-state index in [2.05, 4.69) is 4.98 Å². The lowest BCUT2D eigenvalue weighted by Crippen LogP contribution is -3.14. The van der Waals surface area contributed by atoms with Gasteiger partial charge in [0.1, 0.15) is 19.0 Å². The number of quaternary nitrogens is 1. The van der Waals surface area contributed by atoms with E-state index in [9.17, 15) is 14.4 Å². The molecule has 1 aromatic carbocycles. The van der Waals surface area contributed by atoms with Gasteiger partial charge in [0.2, 0.25) is 5.78 Å². The van der Waals surface area contributed by atoms with E-state index in [0.29, 0.717) is 42.5 Å². The third-order valence-corrected chi connectivity index (χ3v) is 6.00. The van der Waals surface area contributed by atoms with E-state index in [1.807, 2.05) is 0 Å². The molecule has 30 heavy (non-hydrogen) atoms. The van der Waals surface area contributed by atoms with Gasteiger partial charge in [-0.05, 0) is 35.9 Å². The summed E-state index contributed by atoms with van der Waals surface area (Å²) in [6.07, 6.45) is 3.24. The van der Waals surface area contributed by atoms with Gasteiger partial charge in [0.15, 0.2) is 5.78 Å². The SMILES string of the molecule is O=C1C(=O)N(CC[NH+]2CCOCC2)C(c2cccnc2)C1C(=O)c1ccc(Cl)cc1. The van der Waals surface area contributed by atoms with Gasteiger partial charge in [-0.2, -0.15) is 0 Å². The summed E-state index contributed by atoms with van der Waals surface area (Å²) in [5, 5.41) is 0.499. The highest BCUT2D eigenvalue weighted by Crippen LogP contribution is 2.37. The number of morpholine rings is 1. The Morgan fingerprint density at radius 2 is 1.90 bits per heavy atom. The number of rotatable bonds is 6. The van der Waals surface area contributed by atoms with Crippen molar-refractivity contribution in [2.24, 2.45) is 5.92 Å². The predicted molar refractivity (Wildman–Crippen MR) is 109 cm³/mol. The Hall–Kier alpha value is -2.61. The Bertz CT molecular complexity index is 929. The van der Waals surface area contributed by atoms with Crippen molar-refractivity contribution in [2.75, 3.05) is 39.4 Å². The first-order chi connectivity index (χ1) is 14.6. The van der Waals surface area contributed by atoms with E-state index in [1.165, 1.54) is 4.90 Å². The summed E-state index contributed by atoms with van der Waals surface area (Å²) in [7, 11) is 0. The summed E-state index contributed by atoms with van der Waals surface area (Å²) in [5.74, 6) is -2.74. The molecule has 0 aliphatic carbocycles. The van der Waals surface area contributed by atoms with Crippen molar-refractivity contribution in [3.05, 3.63) is 64.9 Å². The average molecular weight is 429 g/mol. The first kappa shape index (κ1) is 20.7. The molecule has 0 radical (unpaired) electrons. The molecular weight excluding hydrogens is 406 g/mol. The van der Waals surface area contributed by atoms with Crippen LogP contribution in [-0.2, 0) is 14.3 Å². The van der Waals surface area contributed by atoms with Crippen LogP contribution in [0.15, 0.2) is 48.8 Å². The smallest absolute Gasteiger partial charge is 0.291 e. The van der Waals surface area contributed by atoms with E-state index in [4.69, 9.17) is 16.3 Å². The molecule has 2 aliphatic heterocycles. The van der Waals surface area contributed by atoms with Crippen LogP contribution in [0.25, 0.3) is 0 Å². The minimum atomic E-state index is -1.09. The summed E-state index contributed by atoms with van der Waals surface area (Å²) in [5.41, 5.74) is 1.04. The number of hydrogen-bond acceptors (Lipinski definition) is 5. The van der Waals surface area contributed by atoms with Crippen molar-refractivity contribution in [1.29, 1.82) is 0 Å². The molecule has 2 fully saturated rings. The molecule has 3 heterocycles. The Morgan fingerprint density at radius 3 is 2.57 bits per heavy atom. The number of ether oxygens (including phenoxy) is 1. The van der Waals surface area contributed by atoms with E-state index in [1.54, 1.807) is 53.7 Å². The largest absolute Gasteiger partial charge is 0.370 e. The van der Waals surface area contributed by atoms with Crippen LogP contribution in [0, 0.1) is 5.92 Å². The van der Waals surface area contributed by atoms with Crippen LogP contribution in [0.4, 0.5) is 0 Å². The third-order valence-electron chi connectivity index (χ3n) is 5.75. The van der Waals surface area contributed by atoms with Crippen LogP contribution < -0.4 is 4.90 Å². The zero-order chi connectivity index (χ0) is 21.1. The van der Waals surface area contributed by atoms with E-state index in [0.717, 1.165) is 13.1 Å². The number of nitrogens with zero attached hydrogens (tertiary/aromatic N) is 2. The van der Waals surface area contributed by atoms with Gasteiger partial charge < -0.3 is 14.5 Å². The molecule has 0 saturated carbocycles. The lowest BCUT2D eigenvalue weighted by Gasteiger charge is -2.30. The minimum Gasteiger partial charge on any atom is -0.370 e. The number of aromatic nitrogens is 1. The topological polar surface area (TPSA) is 81.0 Å². The Kier molecular flexibility index (Phi) is 6.22. The minimum absolute atomic E-state index is 0.361. The van der Waals surface area contributed by atoms with E-state index < -0.39 is 23.7 Å². The molecule has 1 amide bonds. The number of carbonyl (C=O) groups excluding carboxylic acids is 3. The molecule has 156 valence electrons. The number of halogens is 1. The zero-order valence-electron chi connectivity index (χ0n) is 16.4. The maximum atomic E-state index is 13.3. The summed E-state index contributed by atoms with van der Waals surface area (Å²) < 4.78 is 5.39. The van der Waals surface area contributed by atoms with Crippen molar-refractivity contribution in [2.45, 2.75) is 6.04 Å². The zero-order valence-corrected chi connectivity index (χ0v) is 17.2. The van der Waals surface area contributed by atoms with Crippen LogP contribution in [0.3, 0.4) is 0 Å². The molecule has 8 heteroatoms. The third kappa shape index (κ3) is 4.14. The van der Waals surface area contributed by atoms with Crippen molar-refractivity contribution in [3.8, 4) is 0 Å². The number of benzene rings is 1. The number of Topliss-reactive ketones (excluding diaryl/α,β-unsaturated/α-hetero) is 2. The summed E-state index contributed by atoms with van der Waals surface area (Å²) in [4.78, 5) is 46.1. The van der Waals surface area contributed by atoms with Crippen LogP contribution in [-0.4, -0.2) is 66.8 Å². The van der Waals surface area contributed by atoms with Crippen molar-refractivity contribution in [3.63, 3.8) is 0 Å². The lowest BCUT2D eigenvalue weighted by molar-refractivity contribution is -0.907. The molecule has 1 aromatic heterocycles. The molecule has 2 aromatic rings. The van der Waals surface area contributed by atoms with Crippen molar-refractivity contribution >= 4 is 29.1 Å². The standard InChI is InChI=1S/C22H22ClN3O4/c23-17-5-3-15(4-6-17)20(27)18-19(16-2-1-7-24-14-16)26(22(29)21(18)28)9-8-25-10-12-30-13-11-25/h1-7,14,18-19H,8-13H2/p+1. The Labute approximate surface area is 179 Å². The molecule has 0 spiro atoms. The first-order valence-corrected chi connectivity index (χ1v) is 10.4. The maximum absolute atomic E-state index is 13.3. The summed E-state index contributed by atoms with van der Waals surface area (Å²) in [6.45, 7) is 4.18. The summed E-state index contributed by atoms with van der Waals surface area (Å²) in [6, 6.07) is 9.27. The number of likely N-dealkylation sites (tertiary alicyclic amines) is 1. The quantitative estimate of drug-likeness (QED) is 0.414. The van der Waals surface area contributed by atoms with Gasteiger partial charge in [0.05, 0.1) is 32.3 Å². The van der Waals surface area contributed by atoms with Gasteiger partial charge in [-0.1, -0.05) is 17.7 Å². The van der Waals surface area contributed by atoms with Gasteiger partial charge in [0.25, 0.3) is 5.91 Å². The number of ketones is 2. The molecule has 2 unspecified atom stereocenters. The fraction of sp³-hybridized carbons (Fsp3) is 0.364. The van der Waals surface area contributed by atoms with E-state index >= 15 is 0 Å². The number of hydrogen-bond donors (Lipinski definition) is 1. The highest BCUT2D eigenvalue weighted by Gasteiger charge is 2.51. The highest BCUT2D eigenvalue weighted by molar-refractivity contribution is 6.44. The van der Waals surface area contributed by atoms with E-state index in [-0.39, 0.29) is 5.78 Å². The predicted octanol–water partition coefficient (Wildman–Crippen LogP) is 0.602. The Morgan fingerprint density at radius 1 is 1.17 bits per heavy atom. The normalized spacial score (nSPS) is 22.5.